The highest BCUT2D eigenvalue weighted by Crippen LogP contribution is 2.28. The van der Waals surface area contributed by atoms with E-state index in [1.807, 2.05) is 31.2 Å². The van der Waals surface area contributed by atoms with Crippen LogP contribution < -0.4 is 14.9 Å². The Labute approximate surface area is 235 Å². The molecule has 2 N–H and O–H groups in total. The predicted octanol–water partition coefficient (Wildman–Crippen LogP) is 2.68. The lowest BCUT2D eigenvalue weighted by Gasteiger charge is -2.33. The van der Waals surface area contributed by atoms with Crippen LogP contribution in [0.15, 0.2) is 53.4 Å². The largest absolute Gasteiger partial charge is 0.377 e. The number of likely N-dealkylation sites (tertiary alicyclic amines) is 1. The Morgan fingerprint density at radius 3 is 2.33 bits per heavy atom. The molecule has 0 radical (unpaired) electrons. The summed E-state index contributed by atoms with van der Waals surface area (Å²) in [6.07, 6.45) is 2.93. The van der Waals surface area contributed by atoms with Gasteiger partial charge in [0.05, 0.1) is 16.9 Å². The fraction of sp³-hybridized carbons (Fsp3) is 0.483. The zero-order valence-corrected chi connectivity index (χ0v) is 23.5. The first-order valence-electron chi connectivity index (χ1n) is 13.9. The summed E-state index contributed by atoms with van der Waals surface area (Å²) in [5, 5.41) is 2.87. The van der Waals surface area contributed by atoms with E-state index in [-0.39, 0.29) is 53.5 Å². The van der Waals surface area contributed by atoms with E-state index in [4.69, 9.17) is 4.74 Å². The van der Waals surface area contributed by atoms with Crippen LogP contribution in [0.2, 0.25) is 0 Å². The molecule has 0 aliphatic carbocycles. The second-order valence-electron chi connectivity index (χ2n) is 10.8. The Morgan fingerprint density at radius 2 is 1.68 bits per heavy atom. The average molecular weight is 569 g/mol. The molecule has 0 spiro atoms. The summed E-state index contributed by atoms with van der Waals surface area (Å²) < 4.78 is 33.2. The summed E-state index contributed by atoms with van der Waals surface area (Å²) in [4.78, 5) is 42.2. The number of hydrogen-bond acceptors (Lipinski definition) is 6. The number of rotatable bonds is 8. The number of sulfonamides is 1. The predicted molar refractivity (Wildman–Crippen MR) is 150 cm³/mol. The maximum absolute atomic E-state index is 13.2. The second-order valence-corrected chi connectivity index (χ2v) is 12.6. The molecular formula is C29H36N4O6S. The third-order valence-electron chi connectivity index (χ3n) is 7.95. The van der Waals surface area contributed by atoms with E-state index in [1.54, 1.807) is 21.9 Å². The molecular weight excluding hydrogens is 532 g/mol. The number of hydrogen-bond donors (Lipinski definition) is 2. The van der Waals surface area contributed by atoms with Gasteiger partial charge in [0.1, 0.15) is 0 Å². The highest BCUT2D eigenvalue weighted by atomic mass is 32.2. The monoisotopic (exact) mass is 568 g/mol. The molecule has 3 aliphatic rings. The van der Waals surface area contributed by atoms with E-state index < -0.39 is 10.0 Å². The summed E-state index contributed by atoms with van der Waals surface area (Å²) >= 11 is 0. The van der Waals surface area contributed by atoms with E-state index in [1.165, 1.54) is 12.1 Å². The minimum absolute atomic E-state index is 0.0354. The molecule has 0 bridgehead atoms. The topological polar surface area (TPSA) is 125 Å². The smallest absolute Gasteiger partial charge is 0.240 e. The van der Waals surface area contributed by atoms with Crippen molar-refractivity contribution in [1.29, 1.82) is 0 Å². The molecule has 2 unspecified atom stereocenters. The average Bonchev–Trinajstić information content (AvgIpc) is 3.62. The summed E-state index contributed by atoms with van der Waals surface area (Å²) in [7, 11) is -3.66. The van der Waals surface area contributed by atoms with Crippen molar-refractivity contribution in [3.8, 4) is 0 Å². The highest BCUT2D eigenvalue weighted by Gasteiger charge is 2.38. The fourth-order valence-corrected chi connectivity index (χ4v) is 6.59. The lowest BCUT2D eigenvalue weighted by molar-refractivity contribution is -0.138. The van der Waals surface area contributed by atoms with E-state index in [9.17, 15) is 22.8 Å². The zero-order chi connectivity index (χ0) is 28.3. The van der Waals surface area contributed by atoms with Crippen LogP contribution >= 0.6 is 0 Å². The van der Waals surface area contributed by atoms with Crippen molar-refractivity contribution >= 4 is 39.1 Å². The van der Waals surface area contributed by atoms with Crippen molar-refractivity contribution < 1.29 is 27.5 Å². The van der Waals surface area contributed by atoms with Crippen molar-refractivity contribution in [1.82, 2.24) is 9.62 Å². The van der Waals surface area contributed by atoms with Crippen molar-refractivity contribution in [3.63, 3.8) is 0 Å². The third-order valence-corrected chi connectivity index (χ3v) is 9.39. The molecule has 5 rings (SSSR count). The van der Waals surface area contributed by atoms with Crippen molar-refractivity contribution in [3.05, 3.63) is 54.1 Å². The van der Waals surface area contributed by atoms with Crippen LogP contribution in [0.3, 0.4) is 0 Å². The summed E-state index contributed by atoms with van der Waals surface area (Å²) in [5.74, 6) is -0.870. The Balaban J connectivity index is 1.09. The molecule has 40 heavy (non-hydrogen) atoms. The first kappa shape index (κ1) is 28.3. The van der Waals surface area contributed by atoms with E-state index in [2.05, 4.69) is 10.0 Å². The van der Waals surface area contributed by atoms with Crippen LogP contribution in [0.4, 0.5) is 11.4 Å². The number of ether oxygens (including phenoxy) is 1. The zero-order valence-electron chi connectivity index (χ0n) is 22.7. The number of aryl methyl sites for hydroxylation is 1. The van der Waals surface area contributed by atoms with Crippen LogP contribution in [0.5, 0.6) is 0 Å². The molecule has 0 aromatic heterocycles. The molecule has 0 saturated carbocycles. The van der Waals surface area contributed by atoms with Gasteiger partial charge in [-0.1, -0.05) is 17.7 Å². The lowest BCUT2D eigenvalue weighted by Crippen LogP contribution is -2.44. The van der Waals surface area contributed by atoms with Crippen molar-refractivity contribution in [2.75, 3.05) is 43.0 Å². The standard InChI is InChI=1S/C29H36N4O6S/c1-20-4-8-24(9-5-20)33-19-22(17-27(33)34)29(36)32-14-12-21(13-15-32)28(35)31-23-6-10-26(11-7-23)40(37,38)30-18-25-3-2-16-39-25/h4-11,21-22,25,30H,2-3,12-19H2,1H3,(H,31,35). The van der Waals surface area contributed by atoms with Gasteiger partial charge in [-0.25, -0.2) is 13.1 Å². The van der Waals surface area contributed by atoms with Crippen LogP contribution in [0.25, 0.3) is 0 Å². The van der Waals surface area contributed by atoms with Crippen LogP contribution in [0.1, 0.15) is 37.7 Å². The molecule has 11 heteroatoms. The molecule has 2 aromatic carbocycles. The number of nitrogens with one attached hydrogen (secondary N) is 2. The van der Waals surface area contributed by atoms with Gasteiger partial charge in [-0.05, 0) is 69.0 Å². The quantitative estimate of drug-likeness (QED) is 0.505. The molecule has 10 nitrogen and oxygen atoms in total. The number of anilines is 2. The number of carbonyl (C=O) groups excluding carboxylic acids is 3. The first-order chi connectivity index (χ1) is 19.2. The molecule has 2 aromatic rings. The van der Waals surface area contributed by atoms with Crippen LogP contribution in [-0.4, -0.2) is 69.9 Å². The maximum atomic E-state index is 13.2. The second kappa shape index (κ2) is 12.1. The summed E-state index contributed by atoms with van der Waals surface area (Å²) in [6.45, 7) is 4.17. The molecule has 3 saturated heterocycles. The lowest BCUT2D eigenvalue weighted by atomic mass is 9.94. The Morgan fingerprint density at radius 1 is 0.975 bits per heavy atom. The van der Waals surface area contributed by atoms with Gasteiger partial charge in [0, 0.05) is 56.5 Å². The first-order valence-corrected chi connectivity index (χ1v) is 15.4. The van der Waals surface area contributed by atoms with Gasteiger partial charge in [0.15, 0.2) is 0 Å². The van der Waals surface area contributed by atoms with E-state index in [0.29, 0.717) is 44.8 Å². The normalized spacial score (nSPS) is 22.1. The summed E-state index contributed by atoms with van der Waals surface area (Å²) in [6, 6.07) is 13.8. The van der Waals surface area contributed by atoms with Crippen molar-refractivity contribution in [2.24, 2.45) is 11.8 Å². The van der Waals surface area contributed by atoms with Gasteiger partial charge in [0.25, 0.3) is 0 Å². The van der Waals surface area contributed by atoms with Crippen LogP contribution in [-0.2, 0) is 29.1 Å². The van der Waals surface area contributed by atoms with E-state index >= 15 is 0 Å². The number of benzene rings is 2. The number of carbonyl (C=O) groups is 3. The molecule has 214 valence electrons. The molecule has 3 amide bonds. The fourth-order valence-electron chi connectivity index (χ4n) is 5.52. The molecule has 3 fully saturated rings. The van der Waals surface area contributed by atoms with Gasteiger partial charge in [-0.15, -0.1) is 0 Å². The Hall–Kier alpha value is -3.28. The third kappa shape index (κ3) is 6.54. The SMILES string of the molecule is Cc1ccc(N2CC(C(=O)N3CCC(C(=O)Nc4ccc(S(=O)(=O)NCC5CCCO5)cc4)CC3)CC2=O)cc1. The van der Waals surface area contributed by atoms with Gasteiger partial charge in [0.2, 0.25) is 27.7 Å². The Kier molecular flexibility index (Phi) is 8.53. The molecule has 3 heterocycles. The van der Waals surface area contributed by atoms with Gasteiger partial charge in [-0.3, -0.25) is 14.4 Å². The highest BCUT2D eigenvalue weighted by molar-refractivity contribution is 7.89. The van der Waals surface area contributed by atoms with Gasteiger partial charge < -0.3 is 19.9 Å². The van der Waals surface area contributed by atoms with Gasteiger partial charge >= 0.3 is 0 Å². The molecule has 3 aliphatic heterocycles. The summed E-state index contributed by atoms with van der Waals surface area (Å²) in [5.41, 5.74) is 2.43. The Bertz CT molecular complexity index is 1330. The van der Waals surface area contributed by atoms with Crippen LogP contribution in [0, 0.1) is 18.8 Å². The maximum Gasteiger partial charge on any atom is 0.240 e. The minimum Gasteiger partial charge on any atom is -0.377 e. The minimum atomic E-state index is -3.66. The number of nitrogens with zero attached hydrogens (tertiary/aromatic N) is 2. The molecule has 2 atom stereocenters. The van der Waals surface area contributed by atoms with E-state index in [0.717, 1.165) is 24.1 Å². The van der Waals surface area contributed by atoms with Gasteiger partial charge in [-0.2, -0.15) is 0 Å². The van der Waals surface area contributed by atoms with Crippen molar-refractivity contribution in [2.45, 2.75) is 50.0 Å². The number of amides is 3. The number of piperidine rings is 1.